The topological polar surface area (TPSA) is 68.6 Å². The van der Waals surface area contributed by atoms with Crippen LogP contribution in [0, 0.1) is 0 Å². The van der Waals surface area contributed by atoms with Gasteiger partial charge in [0.05, 0.1) is 32.2 Å². The van der Waals surface area contributed by atoms with Gasteiger partial charge in [-0.15, -0.1) is 0 Å². The van der Waals surface area contributed by atoms with Gasteiger partial charge < -0.3 is 23.9 Å². The summed E-state index contributed by atoms with van der Waals surface area (Å²) in [6.07, 6.45) is 1.01. The second-order valence-corrected chi connectivity index (χ2v) is 7.25. The molecule has 2 aromatic carbocycles. The summed E-state index contributed by atoms with van der Waals surface area (Å²) in [6, 6.07) is 14.8. The van der Waals surface area contributed by atoms with E-state index in [2.05, 4.69) is 0 Å². The number of benzene rings is 2. The van der Waals surface area contributed by atoms with Crippen LogP contribution in [0.3, 0.4) is 0 Å². The highest BCUT2D eigenvalue weighted by atomic mass is 16.5. The van der Waals surface area contributed by atoms with Gasteiger partial charge in [0.15, 0.2) is 0 Å². The van der Waals surface area contributed by atoms with Gasteiger partial charge >= 0.3 is 0 Å². The molecule has 1 fully saturated rings. The second kappa shape index (κ2) is 9.11. The lowest BCUT2D eigenvalue weighted by molar-refractivity contribution is -0.908. The molecule has 2 heterocycles. The summed E-state index contributed by atoms with van der Waals surface area (Å²) in [6.45, 7) is 5.68. The standard InChI is InChI=1S/C23H26N2O4/c1-27-19-6-3-17(4-7-19)23-16-21(20-15-18(26)5-8-22(20)29-23)24-9-2-10-25-11-13-28-14-12-25/h3-8,15-16,26H,2,9-14H2,1H3/p+1. The molecule has 6 heteroatoms. The summed E-state index contributed by atoms with van der Waals surface area (Å²) in [4.78, 5) is 6.42. The smallest absolute Gasteiger partial charge is 0.137 e. The average molecular weight is 395 g/mol. The van der Waals surface area contributed by atoms with Crippen LogP contribution in [0.2, 0.25) is 0 Å². The summed E-state index contributed by atoms with van der Waals surface area (Å²) >= 11 is 0. The third-order valence-electron chi connectivity index (χ3n) is 5.27. The summed E-state index contributed by atoms with van der Waals surface area (Å²) in [5.74, 6) is 1.75. The average Bonchev–Trinajstić information content (AvgIpc) is 2.77. The van der Waals surface area contributed by atoms with Crippen molar-refractivity contribution >= 4 is 11.0 Å². The van der Waals surface area contributed by atoms with E-state index in [1.165, 1.54) is 0 Å². The number of morpholine rings is 1. The Morgan fingerprint density at radius 2 is 1.86 bits per heavy atom. The number of quaternary nitrogens is 1. The van der Waals surface area contributed by atoms with Crippen LogP contribution < -0.4 is 15.0 Å². The predicted molar refractivity (Wildman–Crippen MR) is 111 cm³/mol. The highest BCUT2D eigenvalue weighted by Gasteiger charge is 2.12. The maximum Gasteiger partial charge on any atom is 0.137 e. The molecule has 0 atom stereocenters. The van der Waals surface area contributed by atoms with Gasteiger partial charge in [0, 0.05) is 30.0 Å². The third-order valence-corrected chi connectivity index (χ3v) is 5.27. The van der Waals surface area contributed by atoms with Crippen molar-refractivity contribution in [1.82, 2.24) is 0 Å². The molecule has 0 amide bonds. The Morgan fingerprint density at radius 3 is 2.62 bits per heavy atom. The molecule has 0 aliphatic carbocycles. The SMILES string of the molecule is COc1ccc(-c2cc(=NCCC[NH+]3CCOCC3)c3cc(O)ccc3o2)cc1. The number of ether oxygens (including phenoxy) is 2. The van der Waals surface area contributed by atoms with E-state index in [9.17, 15) is 5.11 Å². The summed E-state index contributed by atoms with van der Waals surface area (Å²) < 4.78 is 16.7. The normalized spacial score (nSPS) is 15.7. The molecule has 0 radical (unpaired) electrons. The van der Waals surface area contributed by atoms with E-state index in [0.717, 1.165) is 73.6 Å². The Kier molecular flexibility index (Phi) is 6.12. The van der Waals surface area contributed by atoms with Crippen LogP contribution in [0.1, 0.15) is 6.42 Å². The maximum atomic E-state index is 9.93. The molecule has 0 bridgehead atoms. The van der Waals surface area contributed by atoms with Crippen molar-refractivity contribution in [1.29, 1.82) is 0 Å². The molecular formula is C23H27N2O4+. The monoisotopic (exact) mass is 395 g/mol. The molecule has 4 rings (SSSR count). The molecule has 152 valence electrons. The predicted octanol–water partition coefficient (Wildman–Crippen LogP) is 2.02. The van der Waals surface area contributed by atoms with Gasteiger partial charge in [-0.05, 0) is 42.5 Å². The Hall–Kier alpha value is -2.83. The number of fused-ring (bicyclic) bond motifs is 1. The molecular weight excluding hydrogens is 368 g/mol. The first-order valence-corrected chi connectivity index (χ1v) is 10.1. The van der Waals surface area contributed by atoms with Gasteiger partial charge in [-0.1, -0.05) is 0 Å². The van der Waals surface area contributed by atoms with Gasteiger partial charge in [-0.2, -0.15) is 0 Å². The van der Waals surface area contributed by atoms with E-state index in [1.54, 1.807) is 30.2 Å². The largest absolute Gasteiger partial charge is 0.508 e. The molecule has 1 saturated heterocycles. The highest BCUT2D eigenvalue weighted by Crippen LogP contribution is 2.25. The first-order chi connectivity index (χ1) is 14.2. The minimum atomic E-state index is 0.208. The van der Waals surface area contributed by atoms with E-state index in [4.69, 9.17) is 18.9 Å². The molecule has 2 N–H and O–H groups in total. The Balaban J connectivity index is 1.61. The number of phenolic OH excluding ortho intramolecular Hbond substituents is 1. The lowest BCUT2D eigenvalue weighted by atomic mass is 10.1. The molecule has 1 aromatic heterocycles. The first-order valence-electron chi connectivity index (χ1n) is 10.1. The van der Waals surface area contributed by atoms with Crippen molar-refractivity contribution in [2.45, 2.75) is 6.42 Å². The number of phenols is 1. The summed E-state index contributed by atoms with van der Waals surface area (Å²) in [5, 5.41) is 11.6. The Bertz CT molecular complexity index is 1020. The van der Waals surface area contributed by atoms with Crippen LogP contribution in [0.25, 0.3) is 22.3 Å². The fourth-order valence-corrected chi connectivity index (χ4v) is 3.62. The van der Waals surface area contributed by atoms with Gasteiger partial charge in [0.2, 0.25) is 0 Å². The molecule has 3 aromatic rings. The first kappa shape index (κ1) is 19.5. The van der Waals surface area contributed by atoms with Gasteiger partial charge in [0.25, 0.3) is 0 Å². The van der Waals surface area contributed by atoms with E-state index in [-0.39, 0.29) is 5.75 Å². The third kappa shape index (κ3) is 4.78. The van der Waals surface area contributed by atoms with Crippen molar-refractivity contribution in [3.8, 4) is 22.8 Å². The fourth-order valence-electron chi connectivity index (χ4n) is 3.62. The molecule has 6 nitrogen and oxygen atoms in total. The molecule has 0 saturated carbocycles. The zero-order valence-electron chi connectivity index (χ0n) is 16.7. The molecule has 0 unspecified atom stereocenters. The van der Waals surface area contributed by atoms with Crippen LogP contribution >= 0.6 is 0 Å². The second-order valence-electron chi connectivity index (χ2n) is 7.25. The van der Waals surface area contributed by atoms with Crippen LogP contribution in [0.15, 0.2) is 57.9 Å². The molecule has 29 heavy (non-hydrogen) atoms. The Labute approximate surface area is 170 Å². The number of nitrogens with one attached hydrogen (secondary N) is 1. The fraction of sp³-hybridized carbons (Fsp3) is 0.348. The van der Waals surface area contributed by atoms with Crippen LogP contribution in [0.5, 0.6) is 11.5 Å². The molecule has 1 aliphatic heterocycles. The van der Waals surface area contributed by atoms with E-state index in [0.29, 0.717) is 5.58 Å². The number of methoxy groups -OCH3 is 1. The number of nitrogens with zero attached hydrogens (tertiary/aromatic N) is 1. The summed E-state index contributed by atoms with van der Waals surface area (Å²) in [7, 11) is 1.65. The number of rotatable bonds is 6. The quantitative estimate of drug-likeness (QED) is 0.627. The summed E-state index contributed by atoms with van der Waals surface area (Å²) in [5.41, 5.74) is 1.66. The minimum absolute atomic E-state index is 0.208. The highest BCUT2D eigenvalue weighted by molar-refractivity contribution is 5.80. The molecule has 0 spiro atoms. The van der Waals surface area contributed by atoms with Crippen molar-refractivity contribution in [2.75, 3.05) is 46.5 Å². The zero-order chi connectivity index (χ0) is 20.1. The molecule has 1 aliphatic rings. The van der Waals surface area contributed by atoms with Crippen molar-refractivity contribution < 1.29 is 23.9 Å². The van der Waals surface area contributed by atoms with Crippen LogP contribution in [-0.4, -0.2) is 51.6 Å². The van der Waals surface area contributed by atoms with Crippen molar-refractivity contribution in [2.24, 2.45) is 4.99 Å². The van der Waals surface area contributed by atoms with Crippen molar-refractivity contribution in [3.05, 3.63) is 53.9 Å². The van der Waals surface area contributed by atoms with Gasteiger partial charge in [0.1, 0.15) is 35.9 Å². The lowest BCUT2D eigenvalue weighted by Gasteiger charge is -2.23. The Morgan fingerprint density at radius 1 is 1.07 bits per heavy atom. The van der Waals surface area contributed by atoms with E-state index < -0.39 is 0 Å². The maximum absolute atomic E-state index is 9.93. The van der Waals surface area contributed by atoms with Crippen LogP contribution in [0.4, 0.5) is 0 Å². The van der Waals surface area contributed by atoms with Crippen molar-refractivity contribution in [3.63, 3.8) is 0 Å². The zero-order valence-corrected chi connectivity index (χ0v) is 16.7. The lowest BCUT2D eigenvalue weighted by Crippen LogP contribution is -3.14. The number of hydrogen-bond donors (Lipinski definition) is 2. The van der Waals surface area contributed by atoms with Crippen LogP contribution in [-0.2, 0) is 4.74 Å². The minimum Gasteiger partial charge on any atom is -0.508 e. The van der Waals surface area contributed by atoms with Gasteiger partial charge in [-0.3, -0.25) is 4.99 Å². The van der Waals surface area contributed by atoms with E-state index in [1.807, 2.05) is 30.3 Å². The van der Waals surface area contributed by atoms with E-state index >= 15 is 0 Å². The van der Waals surface area contributed by atoms with Gasteiger partial charge in [-0.25, -0.2) is 0 Å². The number of hydrogen-bond acceptors (Lipinski definition) is 5. The number of aromatic hydroxyl groups is 1.